The fourth-order valence-corrected chi connectivity index (χ4v) is 1.69. The van der Waals surface area contributed by atoms with Crippen molar-refractivity contribution in [3.05, 3.63) is 24.4 Å². The molecule has 92 valence electrons. The lowest BCUT2D eigenvalue weighted by atomic mass is 10.1. The molecule has 17 heavy (non-hydrogen) atoms. The average Bonchev–Trinajstić information content (AvgIpc) is 3.05. The van der Waals surface area contributed by atoms with Gasteiger partial charge in [0.1, 0.15) is 5.82 Å². The third-order valence-corrected chi connectivity index (χ3v) is 2.66. The molecule has 1 aliphatic rings. The highest BCUT2D eigenvalue weighted by atomic mass is 19.4. The molecule has 1 atom stereocenters. The number of ether oxygens (including phenoxy) is 1. The minimum Gasteiger partial charge on any atom is -0.467 e. The summed E-state index contributed by atoms with van der Waals surface area (Å²) in [7, 11) is 0.935. The minimum atomic E-state index is -4.68. The van der Waals surface area contributed by atoms with Gasteiger partial charge in [0.25, 0.3) is 5.54 Å². The smallest absolute Gasteiger partial charge is 0.424 e. The van der Waals surface area contributed by atoms with Gasteiger partial charge in [0.05, 0.1) is 13.7 Å². The van der Waals surface area contributed by atoms with Gasteiger partial charge in [0.2, 0.25) is 0 Å². The van der Waals surface area contributed by atoms with Crippen molar-refractivity contribution >= 4 is 11.8 Å². The molecule has 0 bridgehead atoms. The van der Waals surface area contributed by atoms with Crippen LogP contribution in [-0.2, 0) is 9.53 Å². The van der Waals surface area contributed by atoms with Gasteiger partial charge in [-0.25, -0.2) is 9.78 Å². The Hall–Kier alpha value is -1.79. The second kappa shape index (κ2) is 3.61. The number of hydrogen-bond acceptors (Lipinski definition) is 4. The quantitative estimate of drug-likeness (QED) is 0.584. The molecular formula is C10H9F3N2O2. The molecule has 2 rings (SSSR count). The maximum Gasteiger partial charge on any atom is 0.424 e. The first-order chi connectivity index (χ1) is 7.93. The summed E-state index contributed by atoms with van der Waals surface area (Å²) in [5.74, 6) is -1.20. The van der Waals surface area contributed by atoms with Crippen LogP contribution in [0.25, 0.3) is 0 Å². The van der Waals surface area contributed by atoms with E-state index in [1.807, 2.05) is 0 Å². The van der Waals surface area contributed by atoms with E-state index in [0.29, 0.717) is 0 Å². The standard InChI is InChI=1S/C10H9F3N2O2/c1-17-8(16)9(10(11,12)13)6-15(9)7-4-2-3-5-14-7/h2-5H,6H2,1H3. The zero-order chi connectivity index (χ0) is 12.7. The van der Waals surface area contributed by atoms with Gasteiger partial charge in [-0.2, -0.15) is 13.2 Å². The van der Waals surface area contributed by atoms with Crippen LogP contribution in [0, 0.1) is 0 Å². The van der Waals surface area contributed by atoms with Crippen LogP contribution in [0.5, 0.6) is 0 Å². The van der Waals surface area contributed by atoms with E-state index < -0.39 is 24.2 Å². The first-order valence-electron chi connectivity index (χ1n) is 4.77. The molecule has 1 aromatic rings. The van der Waals surface area contributed by atoms with E-state index in [4.69, 9.17) is 0 Å². The SMILES string of the molecule is COC(=O)C1(C(F)(F)F)CN1c1ccccn1. The summed E-state index contributed by atoms with van der Waals surface area (Å²) < 4.78 is 42.9. The van der Waals surface area contributed by atoms with Crippen LogP contribution in [0.3, 0.4) is 0 Å². The molecule has 0 radical (unpaired) electrons. The summed E-state index contributed by atoms with van der Waals surface area (Å²) in [6, 6.07) is 4.55. The van der Waals surface area contributed by atoms with E-state index in [1.165, 1.54) is 12.3 Å². The number of aromatic nitrogens is 1. The van der Waals surface area contributed by atoms with E-state index in [-0.39, 0.29) is 5.82 Å². The monoisotopic (exact) mass is 246 g/mol. The maximum atomic E-state index is 12.9. The number of methoxy groups -OCH3 is 1. The number of hydrogen-bond donors (Lipinski definition) is 0. The van der Waals surface area contributed by atoms with Crippen molar-refractivity contribution in [3.63, 3.8) is 0 Å². The van der Waals surface area contributed by atoms with Crippen molar-refractivity contribution in [2.24, 2.45) is 0 Å². The number of halogens is 3. The van der Waals surface area contributed by atoms with Gasteiger partial charge in [-0.3, -0.25) is 0 Å². The summed E-state index contributed by atoms with van der Waals surface area (Å²) in [5.41, 5.74) is -2.57. The van der Waals surface area contributed by atoms with Crippen LogP contribution in [-0.4, -0.2) is 36.3 Å². The highest BCUT2D eigenvalue weighted by Gasteiger charge is 2.76. The van der Waals surface area contributed by atoms with Crippen LogP contribution >= 0.6 is 0 Å². The Balaban J connectivity index is 2.34. The third kappa shape index (κ3) is 1.62. The van der Waals surface area contributed by atoms with Crippen molar-refractivity contribution in [2.45, 2.75) is 11.7 Å². The number of esters is 1. The van der Waals surface area contributed by atoms with Crippen LogP contribution < -0.4 is 4.90 Å². The van der Waals surface area contributed by atoms with Crippen LogP contribution in [0.15, 0.2) is 24.4 Å². The van der Waals surface area contributed by atoms with Crippen LogP contribution in [0.2, 0.25) is 0 Å². The Bertz CT molecular complexity index is 435. The van der Waals surface area contributed by atoms with Crippen molar-refractivity contribution in [3.8, 4) is 0 Å². The Morgan fingerprint density at radius 3 is 2.71 bits per heavy atom. The molecule has 7 heteroatoms. The molecular weight excluding hydrogens is 237 g/mol. The van der Waals surface area contributed by atoms with E-state index in [1.54, 1.807) is 12.1 Å². The first-order valence-corrected chi connectivity index (χ1v) is 4.77. The van der Waals surface area contributed by atoms with Crippen molar-refractivity contribution in [1.29, 1.82) is 0 Å². The zero-order valence-electron chi connectivity index (χ0n) is 8.86. The molecule has 4 nitrogen and oxygen atoms in total. The molecule has 0 saturated carbocycles. The van der Waals surface area contributed by atoms with Gasteiger partial charge in [-0.05, 0) is 12.1 Å². The molecule has 1 aliphatic heterocycles. The fraction of sp³-hybridized carbons (Fsp3) is 0.400. The zero-order valence-corrected chi connectivity index (χ0v) is 8.86. The summed E-state index contributed by atoms with van der Waals surface area (Å²) >= 11 is 0. The summed E-state index contributed by atoms with van der Waals surface area (Å²) in [5, 5.41) is 0. The number of rotatable bonds is 2. The lowest BCUT2D eigenvalue weighted by molar-refractivity contribution is -0.183. The second-order valence-corrected chi connectivity index (χ2v) is 3.62. The molecule has 0 aromatic carbocycles. The molecule has 1 fully saturated rings. The Morgan fingerprint density at radius 1 is 1.53 bits per heavy atom. The van der Waals surface area contributed by atoms with Crippen molar-refractivity contribution < 1.29 is 22.7 Å². The molecule has 1 aromatic heterocycles. The molecule has 1 unspecified atom stereocenters. The summed E-state index contributed by atoms with van der Waals surface area (Å²) in [6.07, 6.45) is -3.32. The van der Waals surface area contributed by atoms with Gasteiger partial charge in [0.15, 0.2) is 0 Å². The summed E-state index contributed by atoms with van der Waals surface area (Å²) in [6.45, 7) is -0.458. The van der Waals surface area contributed by atoms with E-state index in [2.05, 4.69) is 9.72 Å². The molecule has 0 N–H and O–H groups in total. The first kappa shape index (κ1) is 11.7. The lowest BCUT2D eigenvalue weighted by Crippen LogP contribution is -2.45. The van der Waals surface area contributed by atoms with E-state index in [9.17, 15) is 18.0 Å². The number of pyridine rings is 1. The minimum absolute atomic E-state index is 0.107. The normalized spacial score (nSPS) is 23.4. The fourth-order valence-electron chi connectivity index (χ4n) is 1.69. The Kier molecular flexibility index (Phi) is 2.48. The predicted octanol–water partition coefficient (Wildman–Crippen LogP) is 1.38. The number of anilines is 1. The van der Waals surface area contributed by atoms with Gasteiger partial charge < -0.3 is 9.64 Å². The number of alkyl halides is 3. The number of nitrogens with zero attached hydrogens (tertiary/aromatic N) is 2. The van der Waals surface area contributed by atoms with Gasteiger partial charge in [-0.1, -0.05) is 6.07 Å². The molecule has 0 spiro atoms. The maximum absolute atomic E-state index is 12.9. The second-order valence-electron chi connectivity index (χ2n) is 3.62. The number of carbonyl (C=O) groups excluding carboxylic acids is 1. The van der Waals surface area contributed by atoms with E-state index in [0.717, 1.165) is 12.0 Å². The molecule has 1 saturated heterocycles. The van der Waals surface area contributed by atoms with Gasteiger partial charge in [0, 0.05) is 6.20 Å². The topological polar surface area (TPSA) is 42.2 Å². The predicted molar refractivity (Wildman–Crippen MR) is 52.4 cm³/mol. The average molecular weight is 246 g/mol. The highest BCUT2D eigenvalue weighted by molar-refractivity contribution is 5.93. The third-order valence-electron chi connectivity index (χ3n) is 2.66. The van der Waals surface area contributed by atoms with Crippen molar-refractivity contribution in [1.82, 2.24) is 4.98 Å². The van der Waals surface area contributed by atoms with Gasteiger partial charge in [-0.15, -0.1) is 0 Å². The largest absolute Gasteiger partial charge is 0.467 e. The molecule has 0 amide bonds. The van der Waals surface area contributed by atoms with Crippen LogP contribution in [0.1, 0.15) is 0 Å². The van der Waals surface area contributed by atoms with Crippen LogP contribution in [0.4, 0.5) is 19.0 Å². The Labute approximate surface area is 95.0 Å². The lowest BCUT2D eigenvalue weighted by Gasteiger charge is -2.18. The van der Waals surface area contributed by atoms with Gasteiger partial charge >= 0.3 is 12.1 Å². The molecule has 2 heterocycles. The highest BCUT2D eigenvalue weighted by Crippen LogP contribution is 2.49. The Morgan fingerprint density at radius 2 is 2.24 bits per heavy atom. The molecule has 0 aliphatic carbocycles. The summed E-state index contributed by atoms with van der Waals surface area (Å²) in [4.78, 5) is 16.0. The number of carbonyl (C=O) groups is 1. The van der Waals surface area contributed by atoms with Crippen molar-refractivity contribution in [2.75, 3.05) is 18.6 Å². The van der Waals surface area contributed by atoms with E-state index >= 15 is 0 Å².